The molecule has 5 nitrogen and oxygen atoms in total. The van der Waals surface area contributed by atoms with E-state index in [9.17, 15) is 13.6 Å². The van der Waals surface area contributed by atoms with Crippen molar-refractivity contribution in [2.75, 3.05) is 13.2 Å². The van der Waals surface area contributed by atoms with Crippen molar-refractivity contribution in [2.45, 2.75) is 95.7 Å². The second kappa shape index (κ2) is 12.2. The number of rotatable bonds is 13. The van der Waals surface area contributed by atoms with Crippen LogP contribution in [0.1, 0.15) is 51.5 Å². The summed E-state index contributed by atoms with van der Waals surface area (Å²) < 4.78 is 39.0. The van der Waals surface area contributed by atoms with Gasteiger partial charge in [-0.3, -0.25) is 9.69 Å². The van der Waals surface area contributed by atoms with Crippen LogP contribution in [0.2, 0.25) is 19.1 Å². The fourth-order valence-corrected chi connectivity index (χ4v) is 6.11. The van der Waals surface area contributed by atoms with Gasteiger partial charge in [0, 0.05) is 19.5 Å². The summed E-state index contributed by atoms with van der Waals surface area (Å²) in [4.78, 5) is 14.9. The standard InChI is InChI=1S/C24H40F2N2O3Si/c1-5-9-22(26)31-23(29)21-12-14-24(17-27,18-30-32(3,4)15-13-19(2)25)28(21)16-20-10-7-6-8-11-20/h6-8,10-11,19,21-22H,5,9,12-18,27H2,1-4H3/t19?,21-,22?,24-/m1/s1. The molecule has 1 heterocycles. The number of esters is 1. The fraction of sp³-hybridized carbons (Fsp3) is 0.708. The minimum Gasteiger partial charge on any atom is -0.430 e. The van der Waals surface area contributed by atoms with E-state index in [0.29, 0.717) is 45.4 Å². The quantitative estimate of drug-likeness (QED) is 0.326. The van der Waals surface area contributed by atoms with Crippen molar-refractivity contribution in [3.05, 3.63) is 35.9 Å². The zero-order valence-corrected chi connectivity index (χ0v) is 21.0. The summed E-state index contributed by atoms with van der Waals surface area (Å²) in [6, 6.07) is 9.98. The monoisotopic (exact) mass is 470 g/mol. The first-order valence-corrected chi connectivity index (χ1v) is 14.9. The largest absolute Gasteiger partial charge is 0.430 e. The Hall–Kier alpha value is -1.35. The van der Waals surface area contributed by atoms with Crippen molar-refractivity contribution in [3.63, 3.8) is 0 Å². The smallest absolute Gasteiger partial charge is 0.325 e. The molecule has 182 valence electrons. The predicted octanol–water partition coefficient (Wildman–Crippen LogP) is 4.96. The molecule has 0 aliphatic carbocycles. The van der Waals surface area contributed by atoms with E-state index in [2.05, 4.69) is 13.1 Å². The molecule has 2 unspecified atom stereocenters. The second-order valence-electron chi connectivity index (χ2n) is 9.60. The number of hydrogen-bond donors (Lipinski definition) is 1. The van der Waals surface area contributed by atoms with Crippen LogP contribution < -0.4 is 5.73 Å². The van der Waals surface area contributed by atoms with Gasteiger partial charge in [-0.15, -0.1) is 0 Å². The SMILES string of the molecule is CCCC(F)OC(=O)[C@H]1CC[C@@](CN)(CO[Si](C)(C)CCC(C)F)N1Cc1ccccc1. The lowest BCUT2D eigenvalue weighted by Crippen LogP contribution is -2.57. The third kappa shape index (κ3) is 7.61. The summed E-state index contributed by atoms with van der Waals surface area (Å²) in [5.74, 6) is -0.542. The molecule has 0 bridgehead atoms. The van der Waals surface area contributed by atoms with Gasteiger partial charge in [0.15, 0.2) is 8.32 Å². The number of halogens is 2. The lowest BCUT2D eigenvalue weighted by Gasteiger charge is -2.41. The van der Waals surface area contributed by atoms with Gasteiger partial charge < -0.3 is 14.9 Å². The molecule has 1 aliphatic heterocycles. The van der Waals surface area contributed by atoms with E-state index in [0.717, 1.165) is 11.6 Å². The number of carbonyl (C=O) groups is 1. The third-order valence-electron chi connectivity index (χ3n) is 6.35. The first-order chi connectivity index (χ1) is 15.1. The highest BCUT2D eigenvalue weighted by molar-refractivity contribution is 6.71. The molecule has 32 heavy (non-hydrogen) atoms. The lowest BCUT2D eigenvalue weighted by molar-refractivity contribution is -0.165. The molecule has 1 saturated heterocycles. The summed E-state index contributed by atoms with van der Waals surface area (Å²) >= 11 is 0. The Balaban J connectivity index is 2.21. The van der Waals surface area contributed by atoms with E-state index in [-0.39, 0.29) is 6.42 Å². The third-order valence-corrected chi connectivity index (χ3v) is 8.77. The van der Waals surface area contributed by atoms with Crippen molar-refractivity contribution < 1.29 is 22.7 Å². The Bertz CT molecular complexity index is 708. The molecule has 1 aromatic carbocycles. The van der Waals surface area contributed by atoms with Gasteiger partial charge >= 0.3 is 5.97 Å². The fourth-order valence-electron chi connectivity index (χ4n) is 4.21. The average Bonchev–Trinajstić information content (AvgIpc) is 3.10. The van der Waals surface area contributed by atoms with Gasteiger partial charge in [0.2, 0.25) is 6.36 Å². The van der Waals surface area contributed by atoms with Crippen molar-refractivity contribution in [1.82, 2.24) is 4.90 Å². The van der Waals surface area contributed by atoms with Crippen LogP contribution in [0.15, 0.2) is 30.3 Å². The Labute approximate surface area is 192 Å². The maximum absolute atomic E-state index is 14.1. The van der Waals surface area contributed by atoms with Gasteiger partial charge in [0.25, 0.3) is 0 Å². The Morgan fingerprint density at radius 2 is 1.97 bits per heavy atom. The van der Waals surface area contributed by atoms with Crippen LogP contribution in [0.3, 0.4) is 0 Å². The predicted molar refractivity (Wildman–Crippen MR) is 126 cm³/mol. The molecular weight excluding hydrogens is 430 g/mol. The van der Waals surface area contributed by atoms with E-state index in [1.165, 1.54) is 0 Å². The minimum atomic E-state index is -2.10. The first kappa shape index (κ1) is 26.9. The molecule has 1 aliphatic rings. The van der Waals surface area contributed by atoms with Gasteiger partial charge in [-0.1, -0.05) is 37.3 Å². The van der Waals surface area contributed by atoms with Gasteiger partial charge in [-0.25, -0.2) is 8.78 Å². The molecule has 4 atom stereocenters. The van der Waals surface area contributed by atoms with Crippen molar-refractivity contribution >= 4 is 14.3 Å². The molecule has 0 spiro atoms. The lowest BCUT2D eigenvalue weighted by atomic mass is 9.97. The number of carbonyl (C=O) groups excluding carboxylic acids is 1. The number of ether oxygens (including phenoxy) is 1. The molecule has 1 fully saturated rings. The molecule has 0 radical (unpaired) electrons. The summed E-state index contributed by atoms with van der Waals surface area (Å²) in [7, 11) is -2.10. The Kier molecular flexibility index (Phi) is 10.3. The highest BCUT2D eigenvalue weighted by Crippen LogP contribution is 2.37. The highest BCUT2D eigenvalue weighted by atomic mass is 28.4. The summed E-state index contributed by atoms with van der Waals surface area (Å²) in [5.41, 5.74) is 6.77. The molecule has 2 N–H and O–H groups in total. The van der Waals surface area contributed by atoms with Gasteiger partial charge in [0.1, 0.15) is 6.04 Å². The molecule has 0 saturated carbocycles. The summed E-state index contributed by atoms with van der Waals surface area (Å²) in [5, 5.41) is 0. The topological polar surface area (TPSA) is 64.8 Å². The Morgan fingerprint density at radius 1 is 1.28 bits per heavy atom. The number of likely N-dealkylation sites (tertiary alicyclic amines) is 1. The number of hydrogen-bond acceptors (Lipinski definition) is 5. The second-order valence-corrected chi connectivity index (χ2v) is 13.9. The van der Waals surface area contributed by atoms with E-state index >= 15 is 0 Å². The molecule has 1 aromatic rings. The number of benzene rings is 1. The summed E-state index contributed by atoms with van der Waals surface area (Å²) in [6.45, 7) is 8.76. The summed E-state index contributed by atoms with van der Waals surface area (Å²) in [6.07, 6.45) is 0.0152. The zero-order valence-electron chi connectivity index (χ0n) is 20.0. The van der Waals surface area contributed by atoms with E-state index < -0.39 is 38.4 Å². The molecular formula is C24H40F2N2O3Si. The number of alkyl halides is 2. The molecule has 0 amide bonds. The van der Waals surface area contributed by atoms with E-state index in [1.54, 1.807) is 6.92 Å². The normalized spacial score (nSPS) is 23.8. The van der Waals surface area contributed by atoms with Gasteiger partial charge in [0.05, 0.1) is 18.3 Å². The maximum Gasteiger partial charge on any atom is 0.325 e. The van der Waals surface area contributed by atoms with Crippen LogP contribution in [0, 0.1) is 0 Å². The van der Waals surface area contributed by atoms with Crippen LogP contribution in [0.5, 0.6) is 0 Å². The van der Waals surface area contributed by atoms with Gasteiger partial charge in [-0.2, -0.15) is 0 Å². The molecule has 2 rings (SSSR count). The van der Waals surface area contributed by atoms with Crippen molar-refractivity contribution in [2.24, 2.45) is 5.73 Å². The minimum absolute atomic E-state index is 0.190. The number of nitrogens with zero attached hydrogens (tertiary/aromatic N) is 1. The first-order valence-electron chi connectivity index (χ1n) is 11.8. The van der Waals surface area contributed by atoms with E-state index in [4.69, 9.17) is 14.9 Å². The van der Waals surface area contributed by atoms with Gasteiger partial charge in [-0.05, 0) is 57.3 Å². The maximum atomic E-state index is 14.1. The van der Waals surface area contributed by atoms with Crippen molar-refractivity contribution in [1.29, 1.82) is 0 Å². The zero-order chi connectivity index (χ0) is 23.8. The highest BCUT2D eigenvalue weighted by Gasteiger charge is 2.49. The molecule has 0 aromatic heterocycles. The van der Waals surface area contributed by atoms with Crippen LogP contribution >= 0.6 is 0 Å². The van der Waals surface area contributed by atoms with Crippen LogP contribution in [0.4, 0.5) is 8.78 Å². The van der Waals surface area contributed by atoms with Crippen molar-refractivity contribution in [3.8, 4) is 0 Å². The average molecular weight is 471 g/mol. The number of nitrogens with two attached hydrogens (primary N) is 1. The molecule has 8 heteroatoms. The van der Waals surface area contributed by atoms with Crippen LogP contribution in [0.25, 0.3) is 0 Å². The van der Waals surface area contributed by atoms with Crippen LogP contribution in [-0.2, 0) is 20.5 Å². The van der Waals surface area contributed by atoms with E-state index in [1.807, 2.05) is 42.2 Å². The Morgan fingerprint density at radius 3 is 2.56 bits per heavy atom. The van der Waals surface area contributed by atoms with Crippen LogP contribution in [-0.4, -0.2) is 56.4 Å².